The molecule has 2 saturated heterocycles. The van der Waals surface area contributed by atoms with Crippen LogP contribution < -0.4 is 21.5 Å². The second-order valence-electron chi connectivity index (χ2n) is 8.25. The number of rotatable bonds is 8. The number of benzene rings is 1. The lowest BCUT2D eigenvalue weighted by Gasteiger charge is -2.26. The number of anilines is 3. The summed E-state index contributed by atoms with van der Waals surface area (Å²) in [7, 11) is -4.24. The first-order chi connectivity index (χ1) is 15.6. The number of sulfonamides is 1. The van der Waals surface area contributed by atoms with E-state index >= 15 is 0 Å². The molecule has 180 valence electrons. The highest BCUT2D eigenvalue weighted by Crippen LogP contribution is 2.40. The van der Waals surface area contributed by atoms with Crippen LogP contribution in [-0.4, -0.2) is 49.4 Å². The van der Waals surface area contributed by atoms with Crippen molar-refractivity contribution in [2.24, 2.45) is 0 Å². The van der Waals surface area contributed by atoms with Crippen LogP contribution in [-0.2, 0) is 19.6 Å². The fourth-order valence-electron chi connectivity index (χ4n) is 4.16. The summed E-state index contributed by atoms with van der Waals surface area (Å²) < 4.78 is 32.5. The van der Waals surface area contributed by atoms with Crippen molar-refractivity contribution in [2.75, 3.05) is 23.8 Å². The first-order valence-electron chi connectivity index (χ1n) is 10.8. The standard InChI is InChI=1S/C21H26ClN3O7S/c1-3-13(15-8-5-11(2)32-15)23-16-17(20(28)19(16)27)24-14-7-6-12(22)21(18(14)26)33(29,30)25-9-4-10-31-25/h6-7,11,13,15,23-24,26H,3-5,8-10H2,1-2H3. The van der Waals surface area contributed by atoms with Crippen LogP contribution in [0.5, 0.6) is 5.75 Å². The largest absolute Gasteiger partial charge is 0.504 e. The molecule has 0 amide bonds. The van der Waals surface area contributed by atoms with Crippen molar-refractivity contribution in [1.82, 2.24) is 4.47 Å². The Morgan fingerprint density at radius 1 is 1.24 bits per heavy atom. The lowest BCUT2D eigenvalue weighted by molar-refractivity contribution is -0.0285. The van der Waals surface area contributed by atoms with E-state index in [4.69, 9.17) is 21.2 Å². The molecule has 4 rings (SSSR count). The molecule has 0 aliphatic carbocycles. The Morgan fingerprint density at radius 3 is 2.58 bits per heavy atom. The molecule has 2 aliphatic rings. The second-order valence-corrected chi connectivity index (χ2v) is 10.4. The van der Waals surface area contributed by atoms with Crippen molar-refractivity contribution in [2.45, 2.75) is 62.7 Å². The third-order valence-electron chi connectivity index (χ3n) is 5.98. The summed E-state index contributed by atoms with van der Waals surface area (Å²) >= 11 is 6.09. The molecule has 0 aromatic heterocycles. The van der Waals surface area contributed by atoms with E-state index in [9.17, 15) is 23.1 Å². The Balaban J connectivity index is 1.62. The van der Waals surface area contributed by atoms with Crippen molar-refractivity contribution in [3.63, 3.8) is 0 Å². The summed E-state index contributed by atoms with van der Waals surface area (Å²) in [6, 6.07) is 2.44. The van der Waals surface area contributed by atoms with E-state index in [0.717, 1.165) is 17.3 Å². The topological polar surface area (TPSA) is 134 Å². The molecule has 0 bridgehead atoms. The molecule has 2 fully saturated rings. The number of aromatic hydroxyl groups is 1. The van der Waals surface area contributed by atoms with Gasteiger partial charge in [0.1, 0.15) is 16.3 Å². The van der Waals surface area contributed by atoms with Gasteiger partial charge in [-0.3, -0.25) is 14.4 Å². The predicted octanol–water partition coefficient (Wildman–Crippen LogP) is 2.47. The normalized spacial score (nSPS) is 22.6. The van der Waals surface area contributed by atoms with Crippen molar-refractivity contribution in [1.29, 1.82) is 0 Å². The van der Waals surface area contributed by atoms with E-state index in [1.54, 1.807) is 0 Å². The number of ether oxygens (including phenoxy) is 1. The number of phenolic OH excluding ortho intramolecular Hbond substituents is 1. The zero-order chi connectivity index (χ0) is 23.9. The van der Waals surface area contributed by atoms with E-state index in [1.807, 2.05) is 13.8 Å². The molecular formula is C21H26ClN3O7S. The minimum absolute atomic E-state index is 0.0529. The van der Waals surface area contributed by atoms with Gasteiger partial charge >= 0.3 is 0 Å². The highest BCUT2D eigenvalue weighted by molar-refractivity contribution is 7.89. The average Bonchev–Trinajstić information content (AvgIpc) is 3.47. The van der Waals surface area contributed by atoms with Gasteiger partial charge in [0, 0.05) is 6.54 Å². The number of hydroxylamine groups is 1. The zero-order valence-electron chi connectivity index (χ0n) is 18.3. The van der Waals surface area contributed by atoms with Gasteiger partial charge in [-0.25, -0.2) is 8.42 Å². The molecule has 2 aromatic carbocycles. The molecule has 12 heteroatoms. The lowest BCUT2D eigenvalue weighted by atomic mass is 10.0. The van der Waals surface area contributed by atoms with Crippen LogP contribution in [0.4, 0.5) is 17.1 Å². The van der Waals surface area contributed by atoms with Gasteiger partial charge in [-0.15, -0.1) is 0 Å². The summed E-state index contributed by atoms with van der Waals surface area (Å²) in [4.78, 5) is 29.2. The fraction of sp³-hybridized carbons (Fsp3) is 0.524. The van der Waals surface area contributed by atoms with Gasteiger partial charge in [0.2, 0.25) is 0 Å². The van der Waals surface area contributed by atoms with Gasteiger partial charge in [-0.1, -0.05) is 23.0 Å². The highest BCUT2D eigenvalue weighted by Gasteiger charge is 2.35. The van der Waals surface area contributed by atoms with Crippen molar-refractivity contribution in [3.05, 3.63) is 37.6 Å². The van der Waals surface area contributed by atoms with Crippen LogP contribution in [0.1, 0.15) is 39.5 Å². The molecule has 33 heavy (non-hydrogen) atoms. The number of hydrogen-bond donors (Lipinski definition) is 3. The monoisotopic (exact) mass is 499 g/mol. The van der Waals surface area contributed by atoms with Crippen molar-refractivity contribution in [3.8, 4) is 5.75 Å². The third kappa shape index (κ3) is 4.35. The van der Waals surface area contributed by atoms with E-state index in [0.29, 0.717) is 12.8 Å². The van der Waals surface area contributed by atoms with Crippen LogP contribution in [0.25, 0.3) is 0 Å². The first-order valence-corrected chi connectivity index (χ1v) is 12.7. The van der Waals surface area contributed by atoms with E-state index in [-0.39, 0.29) is 53.5 Å². The summed E-state index contributed by atoms with van der Waals surface area (Å²) in [6.45, 7) is 4.29. The molecule has 0 radical (unpaired) electrons. The maximum Gasteiger partial charge on any atom is 0.270 e. The van der Waals surface area contributed by atoms with Crippen LogP contribution in [0.15, 0.2) is 26.6 Å². The molecule has 2 heterocycles. The average molecular weight is 500 g/mol. The highest BCUT2D eigenvalue weighted by atomic mass is 35.5. The fourth-order valence-corrected chi connectivity index (χ4v) is 6.06. The number of nitrogens with one attached hydrogen (secondary N) is 2. The molecule has 2 aromatic rings. The molecule has 10 nitrogen and oxygen atoms in total. The number of hydrogen-bond acceptors (Lipinski definition) is 9. The van der Waals surface area contributed by atoms with Gasteiger partial charge in [0.15, 0.2) is 5.75 Å². The minimum atomic E-state index is -4.24. The molecule has 2 aliphatic heterocycles. The van der Waals surface area contributed by atoms with Crippen molar-refractivity contribution < 1.29 is 23.1 Å². The van der Waals surface area contributed by atoms with Crippen molar-refractivity contribution >= 4 is 38.7 Å². The molecular weight excluding hydrogens is 474 g/mol. The summed E-state index contributed by atoms with van der Waals surface area (Å²) in [5, 5.41) is 16.3. The second kappa shape index (κ2) is 9.22. The van der Waals surface area contributed by atoms with Gasteiger partial charge < -0.3 is 20.5 Å². The van der Waals surface area contributed by atoms with Crippen LogP contribution in [0.2, 0.25) is 5.02 Å². The predicted molar refractivity (Wildman–Crippen MR) is 123 cm³/mol. The molecule has 3 N–H and O–H groups in total. The molecule has 0 saturated carbocycles. The van der Waals surface area contributed by atoms with Gasteiger partial charge in [0.05, 0.1) is 35.6 Å². The quantitative estimate of drug-likeness (QED) is 0.369. The Kier molecular flexibility index (Phi) is 6.70. The van der Waals surface area contributed by atoms with Gasteiger partial charge in [-0.05, 0) is 44.7 Å². The Hall–Kier alpha value is -2.18. The lowest BCUT2D eigenvalue weighted by Crippen LogP contribution is -2.42. The zero-order valence-corrected chi connectivity index (χ0v) is 19.8. The van der Waals surface area contributed by atoms with Gasteiger partial charge in [0.25, 0.3) is 20.9 Å². The third-order valence-corrected chi connectivity index (χ3v) is 8.16. The van der Waals surface area contributed by atoms with E-state index in [1.165, 1.54) is 12.1 Å². The summed E-state index contributed by atoms with van der Waals surface area (Å²) in [5.41, 5.74) is -1.51. The summed E-state index contributed by atoms with van der Waals surface area (Å²) in [6.07, 6.45) is 2.96. The minimum Gasteiger partial charge on any atom is -0.504 e. The Morgan fingerprint density at radius 2 is 1.97 bits per heavy atom. The Bertz CT molecular complexity index is 1220. The first kappa shape index (κ1) is 24.0. The van der Waals surface area contributed by atoms with E-state index < -0.39 is 31.5 Å². The smallest absolute Gasteiger partial charge is 0.270 e. The Labute approximate surface area is 196 Å². The van der Waals surface area contributed by atoms with Crippen LogP contribution >= 0.6 is 11.6 Å². The molecule has 3 unspecified atom stereocenters. The SMILES string of the molecule is CCC(Nc1c(Nc2ccc(Cl)c(S(=O)(=O)N3CCCO3)c2O)c(=O)c1=O)C1CCC(C)O1. The van der Waals surface area contributed by atoms with Crippen LogP contribution in [0.3, 0.4) is 0 Å². The molecule has 3 atom stereocenters. The maximum absolute atomic E-state index is 12.9. The number of phenols is 1. The number of nitrogens with zero attached hydrogens (tertiary/aromatic N) is 1. The maximum atomic E-state index is 12.9. The molecule has 0 spiro atoms. The summed E-state index contributed by atoms with van der Waals surface area (Å²) in [5.74, 6) is -0.669. The van der Waals surface area contributed by atoms with Gasteiger partial charge in [-0.2, -0.15) is 0 Å². The van der Waals surface area contributed by atoms with E-state index in [2.05, 4.69) is 10.6 Å². The van der Waals surface area contributed by atoms with Crippen LogP contribution in [0, 0.1) is 0 Å². The number of halogens is 1.